The third kappa shape index (κ3) is 2.34. The van der Waals surface area contributed by atoms with Gasteiger partial charge in [0.1, 0.15) is 5.82 Å². The lowest BCUT2D eigenvalue weighted by Crippen LogP contribution is -2.08. The Morgan fingerprint density at radius 2 is 2.25 bits per heavy atom. The first-order valence-corrected chi connectivity index (χ1v) is 4.33. The standard InChI is InChI=1S/C7H10BrN3O/c1-4(2)12-7-6(8)10-3-5(9)11-7/h3-4H,1-2H3,(H2,9,11). The lowest BCUT2D eigenvalue weighted by atomic mass is 10.5. The number of anilines is 1. The van der Waals surface area contributed by atoms with E-state index in [9.17, 15) is 0 Å². The Bertz CT molecular complexity index is 277. The van der Waals surface area contributed by atoms with Crippen LogP contribution in [0.1, 0.15) is 13.8 Å². The molecule has 0 saturated heterocycles. The van der Waals surface area contributed by atoms with Gasteiger partial charge in [-0.3, -0.25) is 0 Å². The van der Waals surface area contributed by atoms with Crippen molar-refractivity contribution in [2.24, 2.45) is 0 Å². The van der Waals surface area contributed by atoms with E-state index in [0.29, 0.717) is 16.3 Å². The van der Waals surface area contributed by atoms with Crippen LogP contribution in [0.2, 0.25) is 0 Å². The van der Waals surface area contributed by atoms with Gasteiger partial charge < -0.3 is 10.5 Å². The van der Waals surface area contributed by atoms with Gasteiger partial charge in [-0.05, 0) is 29.8 Å². The van der Waals surface area contributed by atoms with E-state index in [1.807, 2.05) is 13.8 Å². The van der Waals surface area contributed by atoms with Crippen molar-refractivity contribution in [3.63, 3.8) is 0 Å². The summed E-state index contributed by atoms with van der Waals surface area (Å²) in [6, 6.07) is 0. The zero-order valence-corrected chi connectivity index (χ0v) is 8.50. The summed E-state index contributed by atoms with van der Waals surface area (Å²) >= 11 is 3.20. The number of hydrogen-bond donors (Lipinski definition) is 1. The van der Waals surface area contributed by atoms with Crippen molar-refractivity contribution in [2.45, 2.75) is 20.0 Å². The fourth-order valence-electron chi connectivity index (χ4n) is 0.669. The third-order valence-corrected chi connectivity index (χ3v) is 1.61. The highest BCUT2D eigenvalue weighted by Crippen LogP contribution is 2.21. The van der Waals surface area contributed by atoms with E-state index in [2.05, 4.69) is 25.9 Å². The smallest absolute Gasteiger partial charge is 0.249 e. The van der Waals surface area contributed by atoms with Crippen LogP contribution in [0.3, 0.4) is 0 Å². The van der Waals surface area contributed by atoms with E-state index in [1.165, 1.54) is 6.20 Å². The Morgan fingerprint density at radius 1 is 1.58 bits per heavy atom. The summed E-state index contributed by atoms with van der Waals surface area (Å²) in [5.41, 5.74) is 5.43. The molecule has 1 aromatic heterocycles. The SMILES string of the molecule is CC(C)Oc1nc(N)cnc1Br. The maximum Gasteiger partial charge on any atom is 0.249 e. The molecule has 66 valence electrons. The number of rotatable bonds is 2. The second-order valence-electron chi connectivity index (χ2n) is 2.56. The molecule has 0 atom stereocenters. The number of nitrogen functional groups attached to an aromatic ring is 1. The van der Waals surface area contributed by atoms with Gasteiger partial charge in [-0.1, -0.05) is 0 Å². The summed E-state index contributed by atoms with van der Waals surface area (Å²) in [6.07, 6.45) is 1.54. The Labute approximate surface area is 79.3 Å². The van der Waals surface area contributed by atoms with Crippen LogP contribution < -0.4 is 10.5 Å². The number of nitrogens with zero attached hydrogens (tertiary/aromatic N) is 2. The molecule has 1 aromatic rings. The van der Waals surface area contributed by atoms with Crippen molar-refractivity contribution in [3.8, 4) is 5.88 Å². The lowest BCUT2D eigenvalue weighted by molar-refractivity contribution is 0.230. The average Bonchev–Trinajstić information content (AvgIpc) is 1.96. The summed E-state index contributed by atoms with van der Waals surface area (Å²) in [7, 11) is 0. The van der Waals surface area contributed by atoms with Crippen LogP contribution >= 0.6 is 15.9 Å². The molecule has 0 unspecified atom stereocenters. The monoisotopic (exact) mass is 231 g/mol. The molecule has 0 bridgehead atoms. The summed E-state index contributed by atoms with van der Waals surface area (Å²) in [5.74, 6) is 0.791. The first kappa shape index (κ1) is 9.25. The van der Waals surface area contributed by atoms with Crippen molar-refractivity contribution in [1.82, 2.24) is 9.97 Å². The molecule has 12 heavy (non-hydrogen) atoms. The van der Waals surface area contributed by atoms with Crippen LogP contribution in [-0.2, 0) is 0 Å². The van der Waals surface area contributed by atoms with Crippen molar-refractivity contribution in [2.75, 3.05) is 5.73 Å². The largest absolute Gasteiger partial charge is 0.473 e. The highest BCUT2D eigenvalue weighted by atomic mass is 79.9. The van der Waals surface area contributed by atoms with Gasteiger partial charge in [-0.15, -0.1) is 0 Å². The Hall–Kier alpha value is -0.840. The number of aromatic nitrogens is 2. The van der Waals surface area contributed by atoms with Gasteiger partial charge in [0, 0.05) is 0 Å². The number of nitrogens with two attached hydrogens (primary N) is 1. The van der Waals surface area contributed by atoms with E-state index < -0.39 is 0 Å². The van der Waals surface area contributed by atoms with Gasteiger partial charge in [0.15, 0.2) is 4.60 Å². The van der Waals surface area contributed by atoms with Gasteiger partial charge in [-0.25, -0.2) is 4.98 Å². The Balaban J connectivity index is 2.90. The molecule has 0 aromatic carbocycles. The summed E-state index contributed by atoms with van der Waals surface area (Å²) in [5, 5.41) is 0. The second-order valence-corrected chi connectivity index (χ2v) is 3.31. The molecular weight excluding hydrogens is 222 g/mol. The van der Waals surface area contributed by atoms with Crippen LogP contribution in [0, 0.1) is 0 Å². The molecule has 0 saturated carbocycles. The quantitative estimate of drug-likeness (QED) is 0.841. The average molecular weight is 232 g/mol. The van der Waals surface area contributed by atoms with Crippen LogP contribution in [-0.4, -0.2) is 16.1 Å². The maximum absolute atomic E-state index is 5.43. The number of halogens is 1. The van der Waals surface area contributed by atoms with Gasteiger partial charge in [-0.2, -0.15) is 4.98 Å². The highest BCUT2D eigenvalue weighted by Gasteiger charge is 2.06. The Kier molecular flexibility index (Phi) is 2.86. The van der Waals surface area contributed by atoms with Crippen LogP contribution in [0.5, 0.6) is 5.88 Å². The molecule has 0 radical (unpaired) electrons. The molecule has 4 nitrogen and oxygen atoms in total. The molecule has 0 amide bonds. The minimum atomic E-state index is 0.0670. The normalized spacial score (nSPS) is 10.3. The minimum absolute atomic E-state index is 0.0670. The highest BCUT2D eigenvalue weighted by molar-refractivity contribution is 9.10. The third-order valence-electron chi connectivity index (χ3n) is 1.06. The van der Waals surface area contributed by atoms with Crippen molar-refractivity contribution < 1.29 is 4.74 Å². The molecule has 1 heterocycles. The molecule has 0 aliphatic rings. The molecule has 2 N–H and O–H groups in total. The van der Waals surface area contributed by atoms with Crippen molar-refractivity contribution >= 4 is 21.7 Å². The molecule has 1 rings (SSSR count). The zero-order valence-electron chi connectivity index (χ0n) is 6.91. The predicted molar refractivity (Wildman–Crippen MR) is 49.9 cm³/mol. The predicted octanol–water partition coefficient (Wildman–Crippen LogP) is 1.61. The molecule has 0 spiro atoms. The fourth-order valence-corrected chi connectivity index (χ4v) is 0.953. The lowest BCUT2D eigenvalue weighted by Gasteiger charge is -2.09. The molecule has 0 aliphatic heterocycles. The van der Waals surface area contributed by atoms with Gasteiger partial charge >= 0.3 is 0 Å². The number of hydrogen-bond acceptors (Lipinski definition) is 4. The van der Waals surface area contributed by atoms with E-state index in [1.54, 1.807) is 0 Å². The van der Waals surface area contributed by atoms with Crippen LogP contribution in [0.15, 0.2) is 10.8 Å². The van der Waals surface area contributed by atoms with Gasteiger partial charge in [0.25, 0.3) is 0 Å². The molecule has 0 aliphatic carbocycles. The van der Waals surface area contributed by atoms with E-state index in [0.717, 1.165) is 0 Å². The summed E-state index contributed by atoms with van der Waals surface area (Å²) in [4.78, 5) is 7.89. The van der Waals surface area contributed by atoms with Crippen LogP contribution in [0.25, 0.3) is 0 Å². The van der Waals surface area contributed by atoms with Gasteiger partial charge in [0.05, 0.1) is 12.3 Å². The Morgan fingerprint density at radius 3 is 2.83 bits per heavy atom. The second kappa shape index (κ2) is 3.71. The van der Waals surface area contributed by atoms with E-state index in [4.69, 9.17) is 10.5 Å². The van der Waals surface area contributed by atoms with E-state index >= 15 is 0 Å². The van der Waals surface area contributed by atoms with Crippen molar-refractivity contribution in [1.29, 1.82) is 0 Å². The fraction of sp³-hybridized carbons (Fsp3) is 0.429. The number of ether oxygens (including phenoxy) is 1. The molecule has 0 fully saturated rings. The van der Waals surface area contributed by atoms with Crippen LogP contribution in [0.4, 0.5) is 5.82 Å². The first-order chi connectivity index (χ1) is 5.59. The van der Waals surface area contributed by atoms with E-state index in [-0.39, 0.29) is 6.10 Å². The first-order valence-electron chi connectivity index (χ1n) is 3.54. The summed E-state index contributed by atoms with van der Waals surface area (Å²) < 4.78 is 5.90. The molecule has 5 heteroatoms. The zero-order chi connectivity index (χ0) is 9.14. The maximum atomic E-state index is 5.43. The van der Waals surface area contributed by atoms with Crippen molar-refractivity contribution in [3.05, 3.63) is 10.8 Å². The minimum Gasteiger partial charge on any atom is -0.473 e. The van der Waals surface area contributed by atoms with Gasteiger partial charge in [0.2, 0.25) is 5.88 Å². The summed E-state index contributed by atoms with van der Waals surface area (Å²) in [6.45, 7) is 3.83. The molecular formula is C7H10BrN3O. The topological polar surface area (TPSA) is 61.0 Å².